The Balaban J connectivity index is 1.98. The Morgan fingerprint density at radius 3 is 2.30 bits per heavy atom. The van der Waals surface area contributed by atoms with E-state index in [4.69, 9.17) is 0 Å². The third-order valence-electron chi connectivity index (χ3n) is 4.92. The molecule has 2 aromatic carbocycles. The van der Waals surface area contributed by atoms with Gasteiger partial charge in [0.25, 0.3) is 5.91 Å². The number of amides is 1. The molecule has 0 aliphatic carbocycles. The highest BCUT2D eigenvalue weighted by Gasteiger charge is 2.22. The fraction of sp³-hybridized carbons (Fsp3) is 0.227. The van der Waals surface area contributed by atoms with E-state index in [0.717, 1.165) is 11.9 Å². The van der Waals surface area contributed by atoms with Gasteiger partial charge in [-0.15, -0.1) is 0 Å². The number of carbonyl (C=O) groups excluding carboxylic acids is 1. The van der Waals surface area contributed by atoms with Gasteiger partial charge in [-0.1, -0.05) is 0 Å². The molecule has 0 saturated heterocycles. The number of aryl methyl sites for hydroxylation is 1. The van der Waals surface area contributed by atoms with E-state index < -0.39 is 22.4 Å². The maximum atomic E-state index is 13.4. The molecule has 0 N–H and O–H groups in total. The maximum Gasteiger partial charge on any atom is 0.260 e. The van der Waals surface area contributed by atoms with Crippen molar-refractivity contribution in [2.45, 2.75) is 18.7 Å². The van der Waals surface area contributed by atoms with Crippen LogP contribution in [0.1, 0.15) is 21.6 Å². The Morgan fingerprint density at radius 1 is 1.07 bits per heavy atom. The number of rotatable bonds is 6. The van der Waals surface area contributed by atoms with Gasteiger partial charge in [-0.3, -0.25) is 4.79 Å². The molecule has 30 heavy (non-hydrogen) atoms. The van der Waals surface area contributed by atoms with Gasteiger partial charge in [0.05, 0.1) is 17.0 Å². The predicted octanol–water partition coefficient (Wildman–Crippen LogP) is 4.25. The third-order valence-corrected chi connectivity index (χ3v) is 6.05. The number of anilines is 1. The van der Waals surface area contributed by atoms with E-state index in [1.807, 2.05) is 0 Å². The molecule has 3 rings (SSSR count). The summed E-state index contributed by atoms with van der Waals surface area (Å²) in [6.45, 7) is 2.61. The normalized spacial score (nSPS) is 11.5. The van der Waals surface area contributed by atoms with Crippen molar-refractivity contribution in [1.29, 1.82) is 0 Å². The van der Waals surface area contributed by atoms with Crippen LogP contribution in [0.25, 0.3) is 5.69 Å². The van der Waals surface area contributed by atoms with Crippen molar-refractivity contribution in [2.24, 2.45) is 0 Å². The van der Waals surface area contributed by atoms with Crippen LogP contribution in [0.2, 0.25) is 0 Å². The SMILES string of the molecule is Cc1cc(F)ccc1-n1ccc(C(=O)N(CCF)c2ccc(S(C)(=O)=O)cc2)c1C. The second-order valence-electron chi connectivity index (χ2n) is 7.03. The summed E-state index contributed by atoms with van der Waals surface area (Å²) in [6, 6.07) is 11.8. The quantitative estimate of drug-likeness (QED) is 0.585. The van der Waals surface area contributed by atoms with Crippen molar-refractivity contribution in [3.63, 3.8) is 0 Å². The first kappa shape index (κ1) is 21.7. The van der Waals surface area contributed by atoms with Gasteiger partial charge in [0, 0.05) is 29.5 Å². The molecule has 1 heterocycles. The molecule has 0 radical (unpaired) electrons. The van der Waals surface area contributed by atoms with Crippen molar-refractivity contribution >= 4 is 21.4 Å². The number of alkyl halides is 1. The van der Waals surface area contributed by atoms with Gasteiger partial charge in [-0.05, 0) is 67.9 Å². The lowest BCUT2D eigenvalue weighted by Gasteiger charge is -2.22. The van der Waals surface area contributed by atoms with E-state index in [1.54, 1.807) is 36.7 Å². The van der Waals surface area contributed by atoms with Crippen LogP contribution < -0.4 is 4.90 Å². The molecule has 0 aliphatic rings. The molecule has 3 aromatic rings. The lowest BCUT2D eigenvalue weighted by molar-refractivity contribution is 0.0984. The Morgan fingerprint density at radius 2 is 1.73 bits per heavy atom. The van der Waals surface area contributed by atoms with Gasteiger partial charge in [0.2, 0.25) is 0 Å². The van der Waals surface area contributed by atoms with Crippen molar-refractivity contribution < 1.29 is 22.0 Å². The molecule has 8 heteroatoms. The van der Waals surface area contributed by atoms with Crippen molar-refractivity contribution in [1.82, 2.24) is 4.57 Å². The Hall–Kier alpha value is -3.00. The van der Waals surface area contributed by atoms with Crippen molar-refractivity contribution in [3.05, 3.63) is 77.4 Å². The standard InChI is InChI=1S/C22H22F2N2O3S/c1-15-14-17(24)4-9-21(15)25-12-10-20(16(25)2)22(27)26(13-11-23)18-5-7-19(8-6-18)30(3,28)29/h4-10,12,14H,11,13H2,1-3H3. The molecule has 0 unspecified atom stereocenters. The molecule has 158 valence electrons. The number of sulfone groups is 1. The fourth-order valence-electron chi connectivity index (χ4n) is 3.34. The topological polar surface area (TPSA) is 59.4 Å². The molecule has 0 saturated carbocycles. The summed E-state index contributed by atoms with van der Waals surface area (Å²) in [4.78, 5) is 14.6. The van der Waals surface area contributed by atoms with Crippen LogP contribution in [-0.4, -0.2) is 38.4 Å². The highest BCUT2D eigenvalue weighted by atomic mass is 32.2. The fourth-order valence-corrected chi connectivity index (χ4v) is 3.97. The predicted molar refractivity (Wildman–Crippen MR) is 112 cm³/mol. The van der Waals surface area contributed by atoms with E-state index in [9.17, 15) is 22.0 Å². The minimum atomic E-state index is -3.38. The summed E-state index contributed by atoms with van der Waals surface area (Å²) in [6.07, 6.45) is 2.80. The number of hydrogen-bond donors (Lipinski definition) is 0. The van der Waals surface area contributed by atoms with E-state index in [2.05, 4.69) is 0 Å². The Kier molecular flexibility index (Phi) is 6.07. The average Bonchev–Trinajstić information content (AvgIpc) is 3.06. The van der Waals surface area contributed by atoms with Gasteiger partial charge in [0.15, 0.2) is 9.84 Å². The van der Waals surface area contributed by atoms with Crippen LogP contribution >= 0.6 is 0 Å². The summed E-state index contributed by atoms with van der Waals surface area (Å²) in [5.41, 5.74) is 2.85. The van der Waals surface area contributed by atoms with Gasteiger partial charge < -0.3 is 9.47 Å². The summed E-state index contributed by atoms with van der Waals surface area (Å²) in [7, 11) is -3.38. The number of hydrogen-bond acceptors (Lipinski definition) is 3. The second-order valence-corrected chi connectivity index (χ2v) is 9.04. The van der Waals surface area contributed by atoms with Crippen LogP contribution in [0.4, 0.5) is 14.5 Å². The van der Waals surface area contributed by atoms with Crippen LogP contribution in [0.15, 0.2) is 59.6 Å². The zero-order valence-electron chi connectivity index (χ0n) is 16.9. The average molecular weight is 432 g/mol. The maximum absolute atomic E-state index is 13.4. The molecule has 0 atom stereocenters. The van der Waals surface area contributed by atoms with Gasteiger partial charge in [-0.25, -0.2) is 17.2 Å². The number of aromatic nitrogens is 1. The van der Waals surface area contributed by atoms with Gasteiger partial charge in [0.1, 0.15) is 12.5 Å². The zero-order chi connectivity index (χ0) is 22.1. The molecular weight excluding hydrogens is 410 g/mol. The molecule has 0 bridgehead atoms. The number of nitrogens with zero attached hydrogens (tertiary/aromatic N) is 2. The Bertz CT molecular complexity index is 1190. The number of halogens is 2. The first-order valence-electron chi connectivity index (χ1n) is 9.26. The molecule has 0 fully saturated rings. The van der Waals surface area contributed by atoms with Crippen LogP contribution in [0, 0.1) is 19.7 Å². The minimum absolute atomic E-state index is 0.119. The summed E-state index contributed by atoms with van der Waals surface area (Å²) in [5, 5.41) is 0. The lowest BCUT2D eigenvalue weighted by Crippen LogP contribution is -2.33. The molecule has 1 amide bonds. The van der Waals surface area contributed by atoms with Crippen LogP contribution in [0.3, 0.4) is 0 Å². The molecule has 0 spiro atoms. The highest BCUT2D eigenvalue weighted by Crippen LogP contribution is 2.25. The largest absolute Gasteiger partial charge is 0.320 e. The Labute approximate surface area is 174 Å². The first-order valence-corrected chi connectivity index (χ1v) is 11.1. The summed E-state index contributed by atoms with van der Waals surface area (Å²) >= 11 is 0. The van der Waals surface area contributed by atoms with E-state index in [-0.39, 0.29) is 17.3 Å². The third kappa shape index (κ3) is 4.28. The van der Waals surface area contributed by atoms with E-state index >= 15 is 0 Å². The first-order chi connectivity index (χ1) is 14.1. The number of benzene rings is 2. The summed E-state index contributed by atoms with van der Waals surface area (Å²) < 4.78 is 51.7. The highest BCUT2D eigenvalue weighted by molar-refractivity contribution is 7.90. The monoisotopic (exact) mass is 432 g/mol. The van der Waals surface area contributed by atoms with Crippen LogP contribution in [0.5, 0.6) is 0 Å². The number of carbonyl (C=O) groups is 1. The summed E-state index contributed by atoms with van der Waals surface area (Å²) in [5.74, 6) is -0.750. The smallest absolute Gasteiger partial charge is 0.260 e. The molecule has 5 nitrogen and oxygen atoms in total. The molecule has 1 aromatic heterocycles. The lowest BCUT2D eigenvalue weighted by atomic mass is 10.1. The van der Waals surface area contributed by atoms with Crippen molar-refractivity contribution in [2.75, 3.05) is 24.4 Å². The zero-order valence-corrected chi connectivity index (χ0v) is 17.7. The van der Waals surface area contributed by atoms with Crippen molar-refractivity contribution in [3.8, 4) is 5.69 Å². The molecule has 0 aliphatic heterocycles. The van der Waals surface area contributed by atoms with E-state index in [1.165, 1.54) is 41.3 Å². The minimum Gasteiger partial charge on any atom is -0.320 e. The second kappa shape index (κ2) is 8.39. The molecular formula is C22H22F2N2O3S. The van der Waals surface area contributed by atoms with Gasteiger partial charge >= 0.3 is 0 Å². The van der Waals surface area contributed by atoms with E-state index in [0.29, 0.717) is 22.5 Å². The van der Waals surface area contributed by atoms with Gasteiger partial charge in [-0.2, -0.15) is 0 Å². The van der Waals surface area contributed by atoms with Crippen LogP contribution in [-0.2, 0) is 9.84 Å².